The molecule has 2 aromatic carbocycles. The molecule has 0 aliphatic carbocycles. The normalized spacial score (nSPS) is 25.9. The quantitative estimate of drug-likeness (QED) is 0.502. The van der Waals surface area contributed by atoms with Crippen molar-refractivity contribution >= 4 is 11.6 Å². The van der Waals surface area contributed by atoms with E-state index in [1.54, 1.807) is 60.5 Å². The summed E-state index contributed by atoms with van der Waals surface area (Å²) < 4.78 is 5.38. The third-order valence-corrected chi connectivity index (χ3v) is 5.67. The number of terminal acetylenes is 1. The molecule has 1 amide bonds. The zero-order valence-corrected chi connectivity index (χ0v) is 15.3. The fraction of sp³-hybridized carbons (Fsp3) is 0.286. The van der Waals surface area contributed by atoms with Crippen molar-refractivity contribution in [1.29, 1.82) is 0 Å². The summed E-state index contributed by atoms with van der Waals surface area (Å²) in [6.07, 6.45) is 5.20. The molecule has 0 unspecified atom stereocenters. The van der Waals surface area contributed by atoms with Crippen molar-refractivity contribution < 1.29 is 14.5 Å². The average molecular weight is 377 g/mol. The molecule has 0 bridgehead atoms. The highest BCUT2D eigenvalue weighted by Gasteiger charge is 2.68. The third kappa shape index (κ3) is 2.46. The topological polar surface area (TPSA) is 84.7 Å². The van der Waals surface area contributed by atoms with Crippen molar-refractivity contribution in [1.82, 2.24) is 4.90 Å². The van der Waals surface area contributed by atoms with Gasteiger partial charge >= 0.3 is 0 Å². The van der Waals surface area contributed by atoms with E-state index in [0.29, 0.717) is 23.5 Å². The number of anilines is 1. The third-order valence-electron chi connectivity index (χ3n) is 5.67. The van der Waals surface area contributed by atoms with E-state index in [0.717, 1.165) is 5.56 Å². The first-order valence-corrected chi connectivity index (χ1v) is 8.92. The van der Waals surface area contributed by atoms with Gasteiger partial charge in [-0.3, -0.25) is 19.8 Å². The van der Waals surface area contributed by atoms with Gasteiger partial charge in [0.15, 0.2) is 5.54 Å². The van der Waals surface area contributed by atoms with E-state index in [4.69, 9.17) is 11.2 Å². The Morgan fingerprint density at radius 2 is 2.04 bits per heavy atom. The highest BCUT2D eigenvalue weighted by molar-refractivity contribution is 6.06. The molecule has 0 aromatic heterocycles. The second-order valence-corrected chi connectivity index (χ2v) is 7.05. The van der Waals surface area contributed by atoms with Gasteiger partial charge in [-0.25, -0.2) is 0 Å². The van der Waals surface area contributed by atoms with Crippen LogP contribution in [0.1, 0.15) is 17.0 Å². The van der Waals surface area contributed by atoms with E-state index in [-0.39, 0.29) is 17.4 Å². The zero-order chi connectivity index (χ0) is 19.9. The maximum Gasteiger partial charge on any atom is 0.256 e. The number of likely N-dealkylation sites (tertiary alicyclic amines) is 1. The monoisotopic (exact) mass is 377 g/mol. The number of hydrogen-bond donors (Lipinski definition) is 1. The summed E-state index contributed by atoms with van der Waals surface area (Å²) in [5.74, 6) is 2.20. The van der Waals surface area contributed by atoms with E-state index in [1.165, 1.54) is 0 Å². The van der Waals surface area contributed by atoms with E-state index in [1.807, 2.05) is 0 Å². The molecule has 1 N–H and O–H groups in total. The number of likely N-dealkylation sites (N-methyl/N-ethyl adjacent to an activating group) is 1. The largest absolute Gasteiger partial charge is 0.481 e. The number of fused-ring (bicyclic) bond motifs is 2. The fourth-order valence-corrected chi connectivity index (χ4v) is 4.52. The second kappa shape index (κ2) is 6.66. The number of nitrogens with one attached hydrogen (secondary N) is 1. The summed E-state index contributed by atoms with van der Waals surface area (Å²) >= 11 is 0. The zero-order valence-electron chi connectivity index (χ0n) is 15.3. The lowest BCUT2D eigenvalue weighted by atomic mass is 9.79. The molecule has 2 aliphatic rings. The summed E-state index contributed by atoms with van der Waals surface area (Å²) in [6, 6.07) is 13.2. The highest BCUT2D eigenvalue weighted by atomic mass is 16.6. The Labute approximate surface area is 162 Å². The van der Waals surface area contributed by atoms with Gasteiger partial charge in [0.2, 0.25) is 0 Å². The molecule has 28 heavy (non-hydrogen) atoms. The maximum absolute atomic E-state index is 13.0. The predicted octanol–water partition coefficient (Wildman–Crippen LogP) is 2.22. The molecule has 142 valence electrons. The minimum Gasteiger partial charge on any atom is -0.481 e. The minimum atomic E-state index is -1.33. The fourth-order valence-electron chi connectivity index (χ4n) is 4.52. The standard InChI is InChI=1S/C21H19N3O4/c1-3-12-28-15-10-8-14(9-11-15)16-13-23(2)21(19(16)24(26)27)17-6-4-5-7-18(17)22-20(21)25/h1,4-11,16,19H,12-13H2,2H3,(H,22,25)/t16-,19+,21-/m0/s1. The number of carbonyl (C=O) groups is 1. The molecule has 0 radical (unpaired) electrons. The van der Waals surface area contributed by atoms with Crippen molar-refractivity contribution in [2.24, 2.45) is 0 Å². The summed E-state index contributed by atoms with van der Waals surface area (Å²) in [6.45, 7) is 0.543. The number of para-hydroxylation sites is 1. The number of hydrogen-bond acceptors (Lipinski definition) is 5. The van der Waals surface area contributed by atoms with Gasteiger partial charge in [0.05, 0.1) is 5.92 Å². The SMILES string of the molecule is C#CCOc1ccc([C@@H]2CN(C)[C@]3(C(=O)Nc4ccccc43)[C@@H]2[N+](=O)[O-])cc1. The first kappa shape index (κ1) is 18.0. The van der Waals surface area contributed by atoms with Crippen LogP contribution in [0.15, 0.2) is 48.5 Å². The molecule has 2 heterocycles. The Morgan fingerprint density at radius 1 is 1.32 bits per heavy atom. The van der Waals surface area contributed by atoms with Crippen LogP contribution in [0.5, 0.6) is 5.75 Å². The number of amides is 1. The molecular weight excluding hydrogens is 358 g/mol. The molecule has 3 atom stereocenters. The van der Waals surface area contributed by atoms with Gasteiger partial charge in [0, 0.05) is 22.7 Å². The van der Waals surface area contributed by atoms with Crippen molar-refractivity contribution in [3.05, 3.63) is 69.8 Å². The smallest absolute Gasteiger partial charge is 0.256 e. The van der Waals surface area contributed by atoms with E-state index in [9.17, 15) is 14.9 Å². The lowest BCUT2D eigenvalue weighted by Crippen LogP contribution is -2.54. The van der Waals surface area contributed by atoms with Crippen LogP contribution < -0.4 is 10.1 Å². The van der Waals surface area contributed by atoms with Gasteiger partial charge in [-0.1, -0.05) is 36.3 Å². The maximum atomic E-state index is 13.0. The van der Waals surface area contributed by atoms with Crippen LogP contribution in [0.25, 0.3) is 0 Å². The molecular formula is C21H19N3O4. The van der Waals surface area contributed by atoms with Crippen LogP contribution in [0.2, 0.25) is 0 Å². The van der Waals surface area contributed by atoms with Gasteiger partial charge in [-0.15, -0.1) is 6.42 Å². The second-order valence-electron chi connectivity index (χ2n) is 7.05. The van der Waals surface area contributed by atoms with Crippen molar-refractivity contribution in [3.8, 4) is 18.1 Å². The van der Waals surface area contributed by atoms with Gasteiger partial charge < -0.3 is 10.1 Å². The van der Waals surface area contributed by atoms with Gasteiger partial charge in [-0.2, -0.15) is 0 Å². The number of nitro groups is 1. The van der Waals surface area contributed by atoms with Crippen LogP contribution >= 0.6 is 0 Å². The van der Waals surface area contributed by atoms with Crippen LogP contribution in [-0.2, 0) is 10.3 Å². The van der Waals surface area contributed by atoms with Crippen LogP contribution in [0.4, 0.5) is 5.69 Å². The summed E-state index contributed by atoms with van der Waals surface area (Å²) in [4.78, 5) is 26.7. The average Bonchev–Trinajstić information content (AvgIpc) is 3.16. The Kier molecular flexibility index (Phi) is 4.28. The summed E-state index contributed by atoms with van der Waals surface area (Å²) in [7, 11) is 1.77. The Bertz CT molecular complexity index is 982. The van der Waals surface area contributed by atoms with Gasteiger partial charge in [0.1, 0.15) is 12.4 Å². The molecule has 2 aromatic rings. The molecule has 1 spiro atoms. The Hall–Kier alpha value is -3.37. The molecule has 7 nitrogen and oxygen atoms in total. The van der Waals surface area contributed by atoms with Gasteiger partial charge in [-0.05, 0) is 30.8 Å². The molecule has 4 rings (SSSR count). The molecule has 1 fully saturated rings. The number of nitrogens with zero attached hydrogens (tertiary/aromatic N) is 2. The van der Waals surface area contributed by atoms with Gasteiger partial charge in [0.25, 0.3) is 11.9 Å². The number of rotatable bonds is 4. The summed E-state index contributed by atoms with van der Waals surface area (Å²) in [5.41, 5.74) is 0.741. The molecule has 1 saturated heterocycles. The molecule has 7 heteroatoms. The number of benzene rings is 2. The predicted molar refractivity (Wildman–Crippen MR) is 104 cm³/mol. The van der Waals surface area contributed by atoms with Crippen LogP contribution in [0.3, 0.4) is 0 Å². The van der Waals surface area contributed by atoms with E-state index >= 15 is 0 Å². The first-order chi connectivity index (χ1) is 13.5. The number of carbonyl (C=O) groups excluding carboxylic acids is 1. The Morgan fingerprint density at radius 3 is 2.71 bits per heavy atom. The minimum absolute atomic E-state index is 0.156. The van der Waals surface area contributed by atoms with Crippen molar-refractivity contribution in [2.45, 2.75) is 17.5 Å². The molecule has 2 aliphatic heterocycles. The van der Waals surface area contributed by atoms with E-state index < -0.39 is 17.5 Å². The number of ether oxygens (including phenoxy) is 1. The van der Waals surface area contributed by atoms with Crippen molar-refractivity contribution in [3.63, 3.8) is 0 Å². The van der Waals surface area contributed by atoms with Crippen LogP contribution in [0, 0.1) is 22.5 Å². The van der Waals surface area contributed by atoms with E-state index in [2.05, 4.69) is 11.2 Å². The molecule has 0 saturated carbocycles. The van der Waals surface area contributed by atoms with Crippen molar-refractivity contribution in [2.75, 3.05) is 25.5 Å². The highest BCUT2D eigenvalue weighted by Crippen LogP contribution is 2.51. The first-order valence-electron chi connectivity index (χ1n) is 8.92. The lowest BCUT2D eigenvalue weighted by Gasteiger charge is -2.30. The summed E-state index contributed by atoms with van der Waals surface area (Å²) in [5, 5.41) is 15.0. The Balaban J connectivity index is 1.77. The van der Waals surface area contributed by atoms with Crippen LogP contribution in [-0.4, -0.2) is 42.0 Å². The lowest BCUT2D eigenvalue weighted by molar-refractivity contribution is -0.534.